The molecule has 0 amide bonds. The van der Waals surface area contributed by atoms with Crippen molar-refractivity contribution in [1.82, 2.24) is 10.3 Å². The van der Waals surface area contributed by atoms with E-state index in [-0.39, 0.29) is 4.90 Å². The number of rotatable bonds is 7. The normalized spacial score (nSPS) is 14.1. The second-order valence-corrected chi connectivity index (χ2v) is 7.16. The van der Waals surface area contributed by atoms with E-state index < -0.39 is 27.0 Å². The minimum atomic E-state index is -3.82. The molecule has 2 atom stereocenters. The van der Waals surface area contributed by atoms with Crippen molar-refractivity contribution in [2.45, 2.75) is 30.8 Å². The number of hydrazine groups is 1. The SMILES string of the molecule is Cc1ccc(S(=O)(=O)NN[C@@H](c2ccccc2)[C@@H](C)[N+](=O)[O-])cc1. The van der Waals surface area contributed by atoms with Crippen LogP contribution in [0, 0.1) is 17.0 Å². The molecule has 7 nitrogen and oxygen atoms in total. The number of nitrogens with zero attached hydrogens (tertiary/aromatic N) is 1. The molecule has 2 aromatic rings. The number of sulfonamides is 1. The zero-order chi connectivity index (χ0) is 17.7. The van der Waals surface area contributed by atoms with E-state index in [1.165, 1.54) is 19.1 Å². The van der Waals surface area contributed by atoms with Gasteiger partial charge in [0.1, 0.15) is 6.04 Å². The Labute approximate surface area is 140 Å². The summed E-state index contributed by atoms with van der Waals surface area (Å²) >= 11 is 0. The molecular weight excluding hydrogens is 330 g/mol. The van der Waals surface area contributed by atoms with Gasteiger partial charge in [-0.05, 0) is 24.6 Å². The highest BCUT2D eigenvalue weighted by Gasteiger charge is 2.29. The Morgan fingerprint density at radius 3 is 2.17 bits per heavy atom. The molecule has 0 aliphatic rings. The molecular formula is C16H19N3O4S. The van der Waals surface area contributed by atoms with Gasteiger partial charge in [0.15, 0.2) is 0 Å². The van der Waals surface area contributed by atoms with Gasteiger partial charge >= 0.3 is 0 Å². The first-order chi connectivity index (χ1) is 11.3. The molecule has 0 radical (unpaired) electrons. The summed E-state index contributed by atoms with van der Waals surface area (Å²) in [6, 6.07) is 13.2. The minimum Gasteiger partial charge on any atom is -0.264 e. The maximum atomic E-state index is 12.3. The van der Waals surface area contributed by atoms with Crippen molar-refractivity contribution in [2.24, 2.45) is 0 Å². The maximum Gasteiger partial charge on any atom is 0.253 e. The van der Waals surface area contributed by atoms with Gasteiger partial charge in [-0.15, -0.1) is 4.83 Å². The van der Waals surface area contributed by atoms with Crippen molar-refractivity contribution >= 4 is 10.0 Å². The van der Waals surface area contributed by atoms with Gasteiger partial charge in [-0.3, -0.25) is 10.1 Å². The van der Waals surface area contributed by atoms with E-state index in [1.54, 1.807) is 42.5 Å². The summed E-state index contributed by atoms with van der Waals surface area (Å²) in [5, 5.41) is 11.1. The molecule has 0 saturated carbocycles. The van der Waals surface area contributed by atoms with E-state index >= 15 is 0 Å². The van der Waals surface area contributed by atoms with Gasteiger partial charge in [-0.25, -0.2) is 13.8 Å². The Morgan fingerprint density at radius 1 is 1.04 bits per heavy atom. The number of aryl methyl sites for hydroxylation is 1. The third kappa shape index (κ3) is 4.38. The zero-order valence-electron chi connectivity index (χ0n) is 13.3. The molecule has 8 heteroatoms. The highest BCUT2D eigenvalue weighted by Crippen LogP contribution is 2.18. The average Bonchev–Trinajstić information content (AvgIpc) is 2.56. The molecule has 2 rings (SSSR count). The van der Waals surface area contributed by atoms with Crippen LogP contribution in [0.3, 0.4) is 0 Å². The summed E-state index contributed by atoms with van der Waals surface area (Å²) in [5.41, 5.74) is 4.15. The summed E-state index contributed by atoms with van der Waals surface area (Å²) in [6.07, 6.45) is 0. The third-order valence-corrected chi connectivity index (χ3v) is 4.93. The van der Waals surface area contributed by atoms with E-state index in [0.717, 1.165) is 5.56 Å². The molecule has 0 aliphatic carbocycles. The number of nitro groups is 1. The lowest BCUT2D eigenvalue weighted by Gasteiger charge is -2.20. The van der Waals surface area contributed by atoms with Gasteiger partial charge in [0.05, 0.1) is 4.90 Å². The lowest BCUT2D eigenvalue weighted by Crippen LogP contribution is -2.45. The first-order valence-electron chi connectivity index (χ1n) is 7.34. The molecule has 0 bridgehead atoms. The van der Waals surface area contributed by atoms with Gasteiger partial charge in [0.2, 0.25) is 6.04 Å². The molecule has 128 valence electrons. The van der Waals surface area contributed by atoms with E-state index in [9.17, 15) is 18.5 Å². The van der Waals surface area contributed by atoms with Crippen molar-refractivity contribution < 1.29 is 13.3 Å². The molecule has 0 aliphatic heterocycles. The summed E-state index contributed by atoms with van der Waals surface area (Å²) in [7, 11) is -3.82. The van der Waals surface area contributed by atoms with Crippen LogP contribution in [0.4, 0.5) is 0 Å². The van der Waals surface area contributed by atoms with E-state index in [2.05, 4.69) is 10.3 Å². The van der Waals surface area contributed by atoms with Crippen molar-refractivity contribution in [3.8, 4) is 0 Å². The van der Waals surface area contributed by atoms with Crippen molar-refractivity contribution in [2.75, 3.05) is 0 Å². The van der Waals surface area contributed by atoms with Crippen LogP contribution >= 0.6 is 0 Å². The quantitative estimate of drug-likeness (QED) is 0.589. The largest absolute Gasteiger partial charge is 0.264 e. The minimum absolute atomic E-state index is 0.0844. The fraction of sp³-hybridized carbons (Fsp3) is 0.250. The van der Waals surface area contributed by atoms with Crippen molar-refractivity contribution in [3.05, 3.63) is 75.8 Å². The molecule has 2 N–H and O–H groups in total. The lowest BCUT2D eigenvalue weighted by molar-refractivity contribution is -0.523. The van der Waals surface area contributed by atoms with Gasteiger partial charge in [-0.2, -0.15) is 0 Å². The Balaban J connectivity index is 2.21. The number of hydrogen-bond acceptors (Lipinski definition) is 5. The topological polar surface area (TPSA) is 101 Å². The van der Waals surface area contributed by atoms with E-state index in [0.29, 0.717) is 5.56 Å². The number of hydrogen-bond donors (Lipinski definition) is 2. The Kier molecular flexibility index (Phi) is 5.66. The second kappa shape index (κ2) is 7.52. The standard InChI is InChI=1S/C16H19N3O4S/c1-12-8-10-15(11-9-12)24(22,23)18-17-16(13(2)19(20)21)14-6-4-3-5-7-14/h3-11,13,16-18H,1-2H3/t13-,16-/m1/s1. The molecule has 24 heavy (non-hydrogen) atoms. The summed E-state index contributed by atoms with van der Waals surface area (Å²) in [6.45, 7) is 3.27. The van der Waals surface area contributed by atoms with Crippen molar-refractivity contribution in [1.29, 1.82) is 0 Å². The van der Waals surface area contributed by atoms with Crippen LogP contribution in [0.5, 0.6) is 0 Å². The van der Waals surface area contributed by atoms with Crippen LogP contribution in [0.1, 0.15) is 24.1 Å². The Bertz CT molecular complexity index is 792. The fourth-order valence-electron chi connectivity index (χ4n) is 2.18. The smallest absolute Gasteiger partial charge is 0.253 e. The number of benzene rings is 2. The lowest BCUT2D eigenvalue weighted by atomic mass is 10.0. The van der Waals surface area contributed by atoms with Crippen molar-refractivity contribution in [3.63, 3.8) is 0 Å². The van der Waals surface area contributed by atoms with E-state index in [1.807, 2.05) is 6.92 Å². The molecule has 0 heterocycles. The third-order valence-electron chi connectivity index (χ3n) is 3.65. The second-order valence-electron chi connectivity index (χ2n) is 5.48. The molecule has 0 aromatic heterocycles. The zero-order valence-corrected chi connectivity index (χ0v) is 14.2. The average molecular weight is 349 g/mol. The van der Waals surface area contributed by atoms with Crippen LogP contribution in [0.2, 0.25) is 0 Å². The van der Waals surface area contributed by atoms with Gasteiger partial charge in [0.25, 0.3) is 10.0 Å². The molecule has 0 fully saturated rings. The summed E-state index contributed by atoms with van der Waals surface area (Å²) in [5.74, 6) is 0. The van der Waals surface area contributed by atoms with Crippen LogP contribution in [0.25, 0.3) is 0 Å². The van der Waals surface area contributed by atoms with Gasteiger partial charge < -0.3 is 0 Å². The highest BCUT2D eigenvalue weighted by molar-refractivity contribution is 7.89. The summed E-state index contributed by atoms with van der Waals surface area (Å²) in [4.78, 5) is 13.0. The fourth-order valence-corrected chi connectivity index (χ4v) is 3.08. The predicted octanol–water partition coefficient (Wildman–Crippen LogP) is 2.18. The Morgan fingerprint density at radius 2 is 1.62 bits per heavy atom. The number of nitrogens with one attached hydrogen (secondary N) is 2. The van der Waals surface area contributed by atoms with Crippen LogP contribution in [-0.4, -0.2) is 19.4 Å². The predicted molar refractivity (Wildman–Crippen MR) is 90.3 cm³/mol. The van der Waals surface area contributed by atoms with Gasteiger partial charge in [0, 0.05) is 11.8 Å². The molecule has 2 aromatic carbocycles. The van der Waals surface area contributed by atoms with E-state index in [4.69, 9.17) is 0 Å². The summed E-state index contributed by atoms with van der Waals surface area (Å²) < 4.78 is 24.7. The van der Waals surface area contributed by atoms with Crippen LogP contribution in [0.15, 0.2) is 59.5 Å². The van der Waals surface area contributed by atoms with Gasteiger partial charge in [-0.1, -0.05) is 48.0 Å². The van der Waals surface area contributed by atoms with Crippen LogP contribution in [-0.2, 0) is 10.0 Å². The molecule has 0 saturated heterocycles. The first-order valence-corrected chi connectivity index (χ1v) is 8.82. The Hall–Kier alpha value is -2.29. The molecule has 0 spiro atoms. The van der Waals surface area contributed by atoms with Crippen LogP contribution < -0.4 is 10.3 Å². The highest BCUT2D eigenvalue weighted by atomic mass is 32.2. The maximum absolute atomic E-state index is 12.3. The molecule has 0 unspecified atom stereocenters. The first kappa shape index (κ1) is 18.1. The monoisotopic (exact) mass is 349 g/mol.